The first-order chi connectivity index (χ1) is 9.66. The number of ether oxygens (including phenoxy) is 1. The number of carboxylic acid groups (broad SMARTS) is 1. The molecular formula is C14H17F2NO4. The fourth-order valence-electron chi connectivity index (χ4n) is 1.97. The molecule has 1 rings (SSSR count). The van der Waals surface area contributed by atoms with Crippen LogP contribution in [0.2, 0.25) is 0 Å². The van der Waals surface area contributed by atoms with E-state index < -0.39 is 35.0 Å². The topological polar surface area (TPSA) is 66.8 Å². The Hall–Kier alpha value is -2.18. The summed E-state index contributed by atoms with van der Waals surface area (Å²) < 4.78 is 32.0. The summed E-state index contributed by atoms with van der Waals surface area (Å²) in [5.41, 5.74) is -1.15. The van der Waals surface area contributed by atoms with Crippen LogP contribution in [0.5, 0.6) is 5.75 Å². The molecule has 0 radical (unpaired) electrons. The summed E-state index contributed by atoms with van der Waals surface area (Å²) in [6.07, 6.45) is -0.832. The van der Waals surface area contributed by atoms with Crippen LogP contribution in [0.3, 0.4) is 0 Å². The maximum atomic E-state index is 13.9. The molecule has 0 bridgehead atoms. The van der Waals surface area contributed by atoms with Crippen LogP contribution in [0.4, 0.5) is 13.6 Å². The Labute approximate surface area is 121 Å². The molecule has 116 valence electrons. The maximum Gasteiger partial charge on any atom is 0.415 e. The zero-order valence-electron chi connectivity index (χ0n) is 12.2. The van der Waals surface area contributed by atoms with Gasteiger partial charge in [-0.05, 0) is 39.8 Å². The highest BCUT2D eigenvalue weighted by Crippen LogP contribution is 2.24. The Morgan fingerprint density at radius 1 is 1.14 bits per heavy atom. The minimum atomic E-state index is -1.77. The SMILES string of the molecule is CC(C)N(C(=O)Oc1ccc(F)c(C(=O)O)c1F)C(C)C. The van der Waals surface area contributed by atoms with Crippen LogP contribution in [0.15, 0.2) is 12.1 Å². The number of carboxylic acids is 1. The number of hydrogen-bond acceptors (Lipinski definition) is 3. The van der Waals surface area contributed by atoms with Crippen LogP contribution in [0.1, 0.15) is 38.1 Å². The third kappa shape index (κ3) is 3.68. The van der Waals surface area contributed by atoms with E-state index in [2.05, 4.69) is 0 Å². The molecule has 0 saturated carbocycles. The van der Waals surface area contributed by atoms with Crippen molar-refractivity contribution in [3.05, 3.63) is 29.3 Å². The van der Waals surface area contributed by atoms with Gasteiger partial charge in [-0.3, -0.25) is 0 Å². The lowest BCUT2D eigenvalue weighted by Gasteiger charge is -2.29. The molecule has 1 aromatic carbocycles. The predicted molar refractivity (Wildman–Crippen MR) is 71.5 cm³/mol. The van der Waals surface area contributed by atoms with Crippen molar-refractivity contribution in [2.24, 2.45) is 0 Å². The average Bonchev–Trinajstić information content (AvgIpc) is 2.31. The van der Waals surface area contributed by atoms with Crippen LogP contribution >= 0.6 is 0 Å². The van der Waals surface area contributed by atoms with Crippen molar-refractivity contribution in [2.45, 2.75) is 39.8 Å². The van der Waals surface area contributed by atoms with Crippen LogP contribution in [-0.4, -0.2) is 34.2 Å². The van der Waals surface area contributed by atoms with Crippen molar-refractivity contribution < 1.29 is 28.2 Å². The van der Waals surface area contributed by atoms with Gasteiger partial charge in [0.25, 0.3) is 0 Å². The Kier molecular flexibility index (Phi) is 5.23. The third-order valence-electron chi connectivity index (χ3n) is 2.79. The number of halogens is 2. The van der Waals surface area contributed by atoms with Gasteiger partial charge in [-0.2, -0.15) is 0 Å². The minimum Gasteiger partial charge on any atom is -0.477 e. The van der Waals surface area contributed by atoms with Gasteiger partial charge in [-0.25, -0.2) is 18.4 Å². The highest BCUT2D eigenvalue weighted by atomic mass is 19.1. The molecule has 0 unspecified atom stereocenters. The van der Waals surface area contributed by atoms with E-state index in [1.807, 2.05) is 0 Å². The van der Waals surface area contributed by atoms with Crippen molar-refractivity contribution in [1.82, 2.24) is 4.90 Å². The quantitative estimate of drug-likeness (QED) is 0.926. The summed E-state index contributed by atoms with van der Waals surface area (Å²) in [5.74, 6) is -5.04. The lowest BCUT2D eigenvalue weighted by molar-refractivity contribution is 0.0683. The molecule has 0 atom stereocenters. The van der Waals surface area contributed by atoms with E-state index >= 15 is 0 Å². The number of hydrogen-bond donors (Lipinski definition) is 1. The fourth-order valence-corrected chi connectivity index (χ4v) is 1.97. The van der Waals surface area contributed by atoms with E-state index in [4.69, 9.17) is 9.84 Å². The zero-order valence-corrected chi connectivity index (χ0v) is 12.2. The van der Waals surface area contributed by atoms with Gasteiger partial charge in [-0.1, -0.05) is 0 Å². The van der Waals surface area contributed by atoms with Crippen LogP contribution < -0.4 is 4.74 Å². The van der Waals surface area contributed by atoms with Crippen molar-refractivity contribution in [3.63, 3.8) is 0 Å². The number of amides is 1. The smallest absolute Gasteiger partial charge is 0.415 e. The molecule has 1 N–H and O–H groups in total. The van der Waals surface area contributed by atoms with Crippen molar-refractivity contribution >= 4 is 12.1 Å². The number of nitrogens with zero attached hydrogens (tertiary/aromatic N) is 1. The van der Waals surface area contributed by atoms with Gasteiger partial charge in [0.05, 0.1) is 0 Å². The average molecular weight is 301 g/mol. The predicted octanol–water partition coefficient (Wildman–Crippen LogP) is 3.28. The lowest BCUT2D eigenvalue weighted by Crippen LogP contribution is -2.43. The zero-order chi connectivity index (χ0) is 16.3. The normalized spacial score (nSPS) is 10.9. The van der Waals surface area contributed by atoms with Crippen molar-refractivity contribution in [2.75, 3.05) is 0 Å². The Morgan fingerprint density at radius 2 is 1.67 bits per heavy atom. The molecular weight excluding hydrogens is 284 g/mol. The maximum absolute atomic E-state index is 13.9. The standard InChI is InChI=1S/C14H17F2NO4/c1-7(2)17(8(3)4)14(20)21-10-6-5-9(15)11(12(10)16)13(18)19/h5-8H,1-4H3,(H,18,19). The highest BCUT2D eigenvalue weighted by Gasteiger charge is 2.26. The van der Waals surface area contributed by atoms with E-state index in [1.165, 1.54) is 4.90 Å². The number of benzene rings is 1. The molecule has 0 aliphatic heterocycles. The Bertz CT molecular complexity index is 550. The molecule has 1 amide bonds. The van der Waals surface area contributed by atoms with Gasteiger partial charge in [0.2, 0.25) is 0 Å². The first-order valence-corrected chi connectivity index (χ1v) is 6.38. The number of carbonyl (C=O) groups is 2. The largest absolute Gasteiger partial charge is 0.477 e. The van der Waals surface area contributed by atoms with Crippen LogP contribution in [0.25, 0.3) is 0 Å². The second kappa shape index (κ2) is 6.51. The summed E-state index contributed by atoms with van der Waals surface area (Å²) in [4.78, 5) is 24.2. The van der Waals surface area contributed by atoms with E-state index in [0.29, 0.717) is 0 Å². The Balaban J connectivity index is 3.11. The van der Waals surface area contributed by atoms with E-state index in [-0.39, 0.29) is 12.1 Å². The van der Waals surface area contributed by atoms with Gasteiger partial charge < -0.3 is 14.7 Å². The van der Waals surface area contributed by atoms with Crippen molar-refractivity contribution in [1.29, 1.82) is 0 Å². The molecule has 21 heavy (non-hydrogen) atoms. The summed E-state index contributed by atoms with van der Waals surface area (Å²) in [6, 6.07) is 1.23. The van der Waals surface area contributed by atoms with Gasteiger partial charge >= 0.3 is 12.1 Å². The molecule has 0 saturated heterocycles. The molecule has 0 fully saturated rings. The summed E-state index contributed by atoms with van der Waals surface area (Å²) in [5, 5.41) is 8.76. The van der Waals surface area contributed by atoms with Gasteiger partial charge in [0.15, 0.2) is 11.6 Å². The molecule has 0 aromatic heterocycles. The molecule has 5 nitrogen and oxygen atoms in total. The first kappa shape index (κ1) is 16.9. The molecule has 0 aliphatic rings. The molecule has 1 aromatic rings. The summed E-state index contributed by atoms with van der Waals surface area (Å²) in [7, 11) is 0. The molecule has 0 aliphatic carbocycles. The lowest BCUT2D eigenvalue weighted by atomic mass is 10.2. The number of carbonyl (C=O) groups excluding carboxylic acids is 1. The highest BCUT2D eigenvalue weighted by molar-refractivity contribution is 5.89. The van der Waals surface area contributed by atoms with Gasteiger partial charge in [0.1, 0.15) is 11.4 Å². The molecule has 7 heteroatoms. The van der Waals surface area contributed by atoms with Crippen LogP contribution in [-0.2, 0) is 0 Å². The second-order valence-electron chi connectivity index (χ2n) is 5.00. The van der Waals surface area contributed by atoms with Gasteiger partial charge in [-0.15, -0.1) is 0 Å². The van der Waals surface area contributed by atoms with Crippen molar-refractivity contribution in [3.8, 4) is 5.75 Å². The van der Waals surface area contributed by atoms with E-state index in [1.54, 1.807) is 27.7 Å². The van der Waals surface area contributed by atoms with Gasteiger partial charge in [0, 0.05) is 12.1 Å². The third-order valence-corrected chi connectivity index (χ3v) is 2.79. The number of aromatic carboxylic acids is 1. The summed E-state index contributed by atoms with van der Waals surface area (Å²) in [6.45, 7) is 7.02. The fraction of sp³-hybridized carbons (Fsp3) is 0.429. The monoisotopic (exact) mass is 301 g/mol. The van der Waals surface area contributed by atoms with E-state index in [0.717, 1.165) is 12.1 Å². The Morgan fingerprint density at radius 3 is 2.10 bits per heavy atom. The second-order valence-corrected chi connectivity index (χ2v) is 5.00. The summed E-state index contributed by atoms with van der Waals surface area (Å²) >= 11 is 0. The van der Waals surface area contributed by atoms with Crippen LogP contribution in [0, 0.1) is 11.6 Å². The first-order valence-electron chi connectivity index (χ1n) is 6.38. The number of rotatable bonds is 4. The van der Waals surface area contributed by atoms with E-state index in [9.17, 15) is 18.4 Å². The minimum absolute atomic E-state index is 0.194. The molecule has 0 heterocycles. The molecule has 0 spiro atoms.